The summed E-state index contributed by atoms with van der Waals surface area (Å²) in [6.07, 6.45) is 3.10. The zero-order valence-corrected chi connectivity index (χ0v) is 18.1. The van der Waals surface area contributed by atoms with Gasteiger partial charge in [-0.1, -0.05) is 18.2 Å². The Bertz CT molecular complexity index is 1030. The van der Waals surface area contributed by atoms with Crippen LogP contribution in [0.25, 0.3) is 5.65 Å². The Balaban J connectivity index is 0.00000261. The van der Waals surface area contributed by atoms with Gasteiger partial charge in [-0.25, -0.2) is 8.42 Å². The average molecular weight is 500 g/mol. The number of benzene rings is 1. The number of guanidine groups is 1. The molecule has 8 nitrogen and oxygen atoms in total. The molecule has 0 aliphatic rings. The first-order valence-electron chi connectivity index (χ1n) is 7.99. The maximum atomic E-state index is 11.5. The molecule has 0 saturated carbocycles. The van der Waals surface area contributed by atoms with Crippen LogP contribution in [0.3, 0.4) is 0 Å². The van der Waals surface area contributed by atoms with Crippen molar-refractivity contribution in [3.05, 3.63) is 60.0 Å². The number of pyridine rings is 1. The fraction of sp³-hybridized carbons (Fsp3) is 0.235. The van der Waals surface area contributed by atoms with Crippen molar-refractivity contribution in [2.75, 3.05) is 13.3 Å². The number of hydrogen-bond acceptors (Lipinski definition) is 5. The molecule has 0 fully saturated rings. The number of nitrogens with one attached hydrogen (secondary N) is 2. The van der Waals surface area contributed by atoms with Crippen molar-refractivity contribution in [1.29, 1.82) is 0 Å². The number of rotatable bonds is 5. The Labute approximate surface area is 175 Å². The highest BCUT2D eigenvalue weighted by Crippen LogP contribution is 2.10. The summed E-state index contributed by atoms with van der Waals surface area (Å²) >= 11 is 0. The second-order valence-electron chi connectivity index (χ2n) is 5.74. The quantitative estimate of drug-likeness (QED) is 0.314. The molecule has 144 valence electrons. The minimum absolute atomic E-state index is 0. The van der Waals surface area contributed by atoms with Crippen molar-refractivity contribution in [2.45, 2.75) is 18.0 Å². The SMILES string of the molecule is CN=C(NCc1ccc(S(C)(=O)=O)cc1)NCc1nnc2ccccn12.I. The zero-order chi connectivity index (χ0) is 18.6. The Hall–Kier alpha value is -2.21. The van der Waals surface area contributed by atoms with Gasteiger partial charge in [-0.15, -0.1) is 34.2 Å². The smallest absolute Gasteiger partial charge is 0.191 e. The molecule has 0 aliphatic heterocycles. The van der Waals surface area contributed by atoms with E-state index in [4.69, 9.17) is 0 Å². The Morgan fingerprint density at radius 1 is 1.07 bits per heavy atom. The monoisotopic (exact) mass is 500 g/mol. The van der Waals surface area contributed by atoms with Gasteiger partial charge in [-0.2, -0.15) is 0 Å². The van der Waals surface area contributed by atoms with Gasteiger partial charge in [0.1, 0.15) is 0 Å². The summed E-state index contributed by atoms with van der Waals surface area (Å²) in [6, 6.07) is 12.5. The number of nitrogens with zero attached hydrogens (tertiary/aromatic N) is 4. The van der Waals surface area contributed by atoms with E-state index in [1.165, 1.54) is 6.26 Å². The van der Waals surface area contributed by atoms with Crippen molar-refractivity contribution >= 4 is 45.4 Å². The molecule has 0 amide bonds. The summed E-state index contributed by atoms with van der Waals surface area (Å²) in [5, 5.41) is 14.6. The summed E-state index contributed by atoms with van der Waals surface area (Å²) in [6.45, 7) is 0.988. The van der Waals surface area contributed by atoms with E-state index < -0.39 is 9.84 Å². The number of aliphatic imine (C=N–C) groups is 1. The predicted molar refractivity (Wildman–Crippen MR) is 115 cm³/mol. The Morgan fingerprint density at radius 2 is 1.78 bits per heavy atom. The lowest BCUT2D eigenvalue weighted by Crippen LogP contribution is -2.36. The molecule has 0 radical (unpaired) electrons. The van der Waals surface area contributed by atoms with E-state index in [9.17, 15) is 8.42 Å². The molecule has 0 bridgehead atoms. The van der Waals surface area contributed by atoms with Crippen molar-refractivity contribution in [3.63, 3.8) is 0 Å². The normalized spacial score (nSPS) is 11.9. The summed E-state index contributed by atoms with van der Waals surface area (Å²) in [7, 11) is -1.49. The van der Waals surface area contributed by atoms with E-state index in [-0.39, 0.29) is 24.0 Å². The Morgan fingerprint density at radius 3 is 2.44 bits per heavy atom. The number of sulfone groups is 1. The molecule has 3 rings (SSSR count). The van der Waals surface area contributed by atoms with Gasteiger partial charge in [0.15, 0.2) is 27.3 Å². The minimum atomic E-state index is -3.18. The molecule has 0 unspecified atom stereocenters. The van der Waals surface area contributed by atoms with Crippen LogP contribution in [0.1, 0.15) is 11.4 Å². The maximum absolute atomic E-state index is 11.5. The maximum Gasteiger partial charge on any atom is 0.191 e. The van der Waals surface area contributed by atoms with Crippen LogP contribution in [-0.4, -0.2) is 42.3 Å². The van der Waals surface area contributed by atoms with Gasteiger partial charge in [-0.05, 0) is 29.8 Å². The lowest BCUT2D eigenvalue weighted by molar-refractivity contribution is 0.602. The van der Waals surface area contributed by atoms with E-state index in [2.05, 4.69) is 25.8 Å². The molecule has 0 spiro atoms. The van der Waals surface area contributed by atoms with Crippen molar-refractivity contribution < 1.29 is 8.42 Å². The van der Waals surface area contributed by atoms with Gasteiger partial charge >= 0.3 is 0 Å². The van der Waals surface area contributed by atoms with Crippen molar-refractivity contribution in [1.82, 2.24) is 25.2 Å². The first kappa shape index (κ1) is 21.1. The highest BCUT2D eigenvalue weighted by molar-refractivity contribution is 14.0. The summed E-state index contributed by atoms with van der Waals surface area (Å²) in [5.41, 5.74) is 1.74. The van der Waals surface area contributed by atoms with E-state index in [1.807, 2.05) is 28.8 Å². The van der Waals surface area contributed by atoms with E-state index >= 15 is 0 Å². The molecule has 2 N–H and O–H groups in total. The zero-order valence-electron chi connectivity index (χ0n) is 15.0. The fourth-order valence-electron chi connectivity index (χ4n) is 2.44. The molecule has 0 saturated heterocycles. The number of fused-ring (bicyclic) bond motifs is 1. The molecule has 10 heteroatoms. The first-order chi connectivity index (χ1) is 12.5. The van der Waals surface area contributed by atoms with E-state index in [0.29, 0.717) is 23.9 Å². The van der Waals surface area contributed by atoms with Gasteiger partial charge < -0.3 is 10.6 Å². The van der Waals surface area contributed by atoms with Crippen LogP contribution in [0.2, 0.25) is 0 Å². The minimum Gasteiger partial charge on any atom is -0.352 e. The van der Waals surface area contributed by atoms with E-state index in [0.717, 1.165) is 17.0 Å². The molecule has 2 aromatic heterocycles. The van der Waals surface area contributed by atoms with Crippen LogP contribution in [0.5, 0.6) is 0 Å². The van der Waals surface area contributed by atoms with Crippen LogP contribution >= 0.6 is 24.0 Å². The molecule has 3 aromatic rings. The summed E-state index contributed by atoms with van der Waals surface area (Å²) < 4.78 is 24.9. The average Bonchev–Trinajstić information content (AvgIpc) is 3.05. The Kier molecular flexibility index (Phi) is 7.13. The van der Waals surface area contributed by atoms with Gasteiger partial charge in [0.2, 0.25) is 0 Å². The lowest BCUT2D eigenvalue weighted by atomic mass is 10.2. The van der Waals surface area contributed by atoms with Crippen LogP contribution < -0.4 is 10.6 Å². The van der Waals surface area contributed by atoms with Crippen LogP contribution in [0.4, 0.5) is 0 Å². The second kappa shape index (κ2) is 9.13. The number of aromatic nitrogens is 3. The van der Waals surface area contributed by atoms with Crippen LogP contribution in [0.15, 0.2) is 58.5 Å². The predicted octanol–water partition coefficient (Wildman–Crippen LogP) is 1.62. The number of hydrogen-bond donors (Lipinski definition) is 2. The van der Waals surface area contributed by atoms with Crippen LogP contribution in [0, 0.1) is 0 Å². The molecule has 1 aromatic carbocycles. The number of halogens is 1. The highest BCUT2D eigenvalue weighted by atomic mass is 127. The lowest BCUT2D eigenvalue weighted by Gasteiger charge is -2.11. The first-order valence-corrected chi connectivity index (χ1v) is 9.88. The second-order valence-corrected chi connectivity index (χ2v) is 7.76. The molecular formula is C17H21IN6O2S. The summed E-state index contributed by atoms with van der Waals surface area (Å²) in [5.74, 6) is 1.39. The summed E-state index contributed by atoms with van der Waals surface area (Å²) in [4.78, 5) is 4.49. The third-order valence-corrected chi connectivity index (χ3v) is 4.96. The largest absolute Gasteiger partial charge is 0.352 e. The van der Waals surface area contributed by atoms with Crippen molar-refractivity contribution in [2.24, 2.45) is 4.99 Å². The van der Waals surface area contributed by atoms with Gasteiger partial charge in [0.25, 0.3) is 0 Å². The fourth-order valence-corrected chi connectivity index (χ4v) is 3.07. The third-order valence-electron chi connectivity index (χ3n) is 3.83. The van der Waals surface area contributed by atoms with Gasteiger partial charge in [-0.3, -0.25) is 9.39 Å². The van der Waals surface area contributed by atoms with Gasteiger partial charge in [0.05, 0.1) is 11.4 Å². The van der Waals surface area contributed by atoms with Crippen molar-refractivity contribution in [3.8, 4) is 0 Å². The van der Waals surface area contributed by atoms with Crippen LogP contribution in [-0.2, 0) is 22.9 Å². The molecular weight excluding hydrogens is 479 g/mol. The third kappa shape index (κ3) is 5.39. The highest BCUT2D eigenvalue weighted by Gasteiger charge is 2.07. The topological polar surface area (TPSA) is 101 Å². The van der Waals surface area contributed by atoms with Gasteiger partial charge in [0, 0.05) is 26.0 Å². The molecule has 2 heterocycles. The molecule has 27 heavy (non-hydrogen) atoms. The molecule has 0 atom stereocenters. The molecule has 0 aliphatic carbocycles. The van der Waals surface area contributed by atoms with E-state index in [1.54, 1.807) is 31.3 Å². The standard InChI is InChI=1S/C17H20N6O2S.HI/c1-18-17(19-11-13-6-8-14(9-7-13)26(2,24)25)20-12-16-22-21-15-5-3-4-10-23(15)16;/h3-10H,11-12H2,1-2H3,(H2,18,19,20);1H.